The summed E-state index contributed by atoms with van der Waals surface area (Å²) in [5, 5.41) is 0. The molecule has 0 fully saturated rings. The second-order valence-electron chi connectivity index (χ2n) is 1.90. The van der Waals surface area contributed by atoms with Crippen LogP contribution in [0.4, 0.5) is 13.2 Å². The molecule has 0 aliphatic rings. The van der Waals surface area contributed by atoms with Crippen molar-refractivity contribution in [3.05, 3.63) is 21.9 Å². The fraction of sp³-hybridized carbons (Fsp3) is 0.333. The Balaban J connectivity index is 2.89. The highest BCUT2D eigenvalue weighted by molar-refractivity contribution is 7.12. The molecular weight excluding hydrogens is 197 g/mol. The molecule has 0 radical (unpaired) electrons. The van der Waals surface area contributed by atoms with Crippen LogP contribution in [-0.2, 0) is 12.1 Å². The van der Waals surface area contributed by atoms with Gasteiger partial charge in [0.25, 0.3) is 0 Å². The summed E-state index contributed by atoms with van der Waals surface area (Å²) in [7, 11) is 0. The Kier molecular flexibility index (Phi) is 2.44. The molecule has 0 spiro atoms. The van der Waals surface area contributed by atoms with Crippen molar-refractivity contribution in [2.24, 2.45) is 0 Å². The van der Waals surface area contributed by atoms with Crippen LogP contribution >= 0.6 is 22.9 Å². The van der Waals surface area contributed by atoms with Gasteiger partial charge in [-0.1, -0.05) is 0 Å². The molecule has 0 N–H and O–H groups in total. The van der Waals surface area contributed by atoms with Crippen molar-refractivity contribution in [1.29, 1.82) is 0 Å². The molecule has 0 aliphatic heterocycles. The summed E-state index contributed by atoms with van der Waals surface area (Å²) in [5.41, 5.74) is 0. The predicted octanol–water partition coefficient (Wildman–Crippen LogP) is 3.51. The Hall–Kier alpha value is -0.220. The lowest BCUT2D eigenvalue weighted by atomic mass is 10.4. The van der Waals surface area contributed by atoms with E-state index in [1.165, 1.54) is 6.07 Å². The molecule has 0 saturated heterocycles. The number of hydrogen-bond acceptors (Lipinski definition) is 1. The van der Waals surface area contributed by atoms with Gasteiger partial charge in [0.05, 0.1) is 5.88 Å². The zero-order valence-electron chi connectivity index (χ0n) is 5.28. The van der Waals surface area contributed by atoms with E-state index in [0.29, 0.717) is 16.2 Å². The predicted molar refractivity (Wildman–Crippen MR) is 38.9 cm³/mol. The van der Waals surface area contributed by atoms with Gasteiger partial charge in [-0.2, -0.15) is 13.2 Å². The maximum atomic E-state index is 11.9. The van der Waals surface area contributed by atoms with Crippen molar-refractivity contribution in [3.63, 3.8) is 0 Å². The minimum absolute atomic E-state index is 0.140. The number of rotatable bonds is 1. The number of halogens is 4. The summed E-state index contributed by atoms with van der Waals surface area (Å²) in [6, 6.07) is 2.43. The van der Waals surface area contributed by atoms with Gasteiger partial charge in [0.15, 0.2) is 0 Å². The molecule has 62 valence electrons. The van der Waals surface area contributed by atoms with Gasteiger partial charge in [-0.3, -0.25) is 0 Å². The maximum Gasteiger partial charge on any atom is 0.425 e. The highest BCUT2D eigenvalue weighted by atomic mass is 35.5. The van der Waals surface area contributed by atoms with Gasteiger partial charge in [-0.15, -0.1) is 22.9 Å². The summed E-state index contributed by atoms with van der Waals surface area (Å²) in [6.07, 6.45) is -4.23. The third kappa shape index (κ3) is 2.10. The number of alkyl halides is 4. The van der Waals surface area contributed by atoms with Crippen molar-refractivity contribution in [2.75, 3.05) is 0 Å². The van der Waals surface area contributed by atoms with Gasteiger partial charge in [-0.05, 0) is 12.1 Å². The van der Waals surface area contributed by atoms with Gasteiger partial charge in [-0.25, -0.2) is 0 Å². The van der Waals surface area contributed by atoms with E-state index in [-0.39, 0.29) is 5.88 Å². The number of hydrogen-bond donors (Lipinski definition) is 0. The fourth-order valence-electron chi connectivity index (χ4n) is 0.602. The summed E-state index contributed by atoms with van der Waals surface area (Å²) < 4.78 is 35.7. The minimum Gasteiger partial charge on any atom is -0.165 e. The van der Waals surface area contributed by atoms with Crippen LogP contribution in [0.3, 0.4) is 0 Å². The van der Waals surface area contributed by atoms with E-state index in [1.54, 1.807) is 0 Å². The topological polar surface area (TPSA) is 0 Å². The lowest BCUT2D eigenvalue weighted by Crippen LogP contribution is -2.00. The Morgan fingerprint density at radius 2 is 2.00 bits per heavy atom. The average Bonchev–Trinajstić information content (AvgIpc) is 2.32. The summed E-state index contributed by atoms with van der Waals surface area (Å²) in [4.78, 5) is -0.0489. The third-order valence-corrected chi connectivity index (χ3v) is 2.65. The second kappa shape index (κ2) is 3.03. The van der Waals surface area contributed by atoms with Gasteiger partial charge >= 0.3 is 6.18 Å². The lowest BCUT2D eigenvalue weighted by molar-refractivity contribution is -0.134. The SMILES string of the molecule is FC(F)(F)c1ccc(CCl)s1. The Labute approximate surface area is 70.6 Å². The standard InChI is InChI=1S/C6H4ClF3S/c7-3-4-1-2-5(11-4)6(8,9)10/h1-2H,3H2. The van der Waals surface area contributed by atoms with Crippen LogP contribution in [0.5, 0.6) is 0 Å². The molecule has 0 aliphatic carbocycles. The average molecular weight is 201 g/mol. The van der Waals surface area contributed by atoms with Crippen LogP contribution in [0.25, 0.3) is 0 Å². The lowest BCUT2D eigenvalue weighted by Gasteiger charge is -2.00. The molecule has 0 nitrogen and oxygen atoms in total. The third-order valence-electron chi connectivity index (χ3n) is 1.07. The zero-order chi connectivity index (χ0) is 8.48. The van der Waals surface area contributed by atoms with Gasteiger partial charge < -0.3 is 0 Å². The molecular formula is C6H4ClF3S. The van der Waals surface area contributed by atoms with E-state index in [9.17, 15) is 13.2 Å². The molecule has 1 rings (SSSR count). The van der Waals surface area contributed by atoms with Gasteiger partial charge in [0.2, 0.25) is 0 Å². The van der Waals surface area contributed by atoms with E-state index in [1.807, 2.05) is 0 Å². The molecule has 0 bridgehead atoms. The fourth-order valence-corrected chi connectivity index (χ4v) is 1.58. The van der Waals surface area contributed by atoms with Crippen LogP contribution in [-0.4, -0.2) is 0 Å². The first-order chi connectivity index (χ1) is 5.04. The quantitative estimate of drug-likeness (QED) is 0.609. The maximum absolute atomic E-state index is 11.9. The van der Waals surface area contributed by atoms with Crippen LogP contribution in [0, 0.1) is 0 Å². The van der Waals surface area contributed by atoms with E-state index >= 15 is 0 Å². The van der Waals surface area contributed by atoms with Crippen LogP contribution in [0.15, 0.2) is 12.1 Å². The summed E-state index contributed by atoms with van der Waals surface area (Å²) >= 11 is 6.02. The Bertz CT molecular complexity index is 240. The Morgan fingerprint density at radius 1 is 1.36 bits per heavy atom. The van der Waals surface area contributed by atoms with E-state index in [4.69, 9.17) is 11.6 Å². The summed E-state index contributed by atoms with van der Waals surface area (Å²) in [5.74, 6) is 0.140. The summed E-state index contributed by atoms with van der Waals surface area (Å²) in [6.45, 7) is 0. The van der Waals surface area contributed by atoms with Crippen LogP contribution < -0.4 is 0 Å². The normalized spacial score (nSPS) is 12.0. The molecule has 1 aromatic heterocycles. The molecule has 0 saturated carbocycles. The first-order valence-corrected chi connectivity index (χ1v) is 4.11. The minimum atomic E-state index is -4.23. The van der Waals surface area contributed by atoms with Gasteiger partial charge in [0.1, 0.15) is 4.88 Å². The molecule has 0 unspecified atom stereocenters. The van der Waals surface area contributed by atoms with Crippen molar-refractivity contribution in [3.8, 4) is 0 Å². The van der Waals surface area contributed by atoms with Gasteiger partial charge in [0, 0.05) is 4.88 Å². The van der Waals surface area contributed by atoms with Crippen molar-refractivity contribution in [2.45, 2.75) is 12.1 Å². The molecule has 0 aromatic carbocycles. The number of thiophene rings is 1. The highest BCUT2D eigenvalue weighted by Crippen LogP contribution is 2.34. The van der Waals surface area contributed by atoms with Crippen molar-refractivity contribution in [1.82, 2.24) is 0 Å². The van der Waals surface area contributed by atoms with Crippen molar-refractivity contribution < 1.29 is 13.2 Å². The first kappa shape index (κ1) is 8.87. The van der Waals surface area contributed by atoms with E-state index in [2.05, 4.69) is 0 Å². The smallest absolute Gasteiger partial charge is 0.165 e. The second-order valence-corrected chi connectivity index (χ2v) is 3.33. The molecule has 1 heterocycles. The Morgan fingerprint density at radius 3 is 2.27 bits per heavy atom. The molecule has 0 atom stereocenters. The molecule has 11 heavy (non-hydrogen) atoms. The van der Waals surface area contributed by atoms with Crippen LogP contribution in [0.1, 0.15) is 9.75 Å². The zero-order valence-corrected chi connectivity index (χ0v) is 6.85. The molecule has 1 aromatic rings. The largest absolute Gasteiger partial charge is 0.425 e. The molecule has 5 heteroatoms. The van der Waals surface area contributed by atoms with Crippen LogP contribution in [0.2, 0.25) is 0 Å². The van der Waals surface area contributed by atoms with Crippen molar-refractivity contribution >= 4 is 22.9 Å². The first-order valence-electron chi connectivity index (χ1n) is 2.76. The monoisotopic (exact) mass is 200 g/mol. The highest BCUT2D eigenvalue weighted by Gasteiger charge is 2.32. The molecule has 0 amide bonds. The van der Waals surface area contributed by atoms with E-state index < -0.39 is 11.1 Å². The van der Waals surface area contributed by atoms with E-state index in [0.717, 1.165) is 6.07 Å².